The summed E-state index contributed by atoms with van der Waals surface area (Å²) in [6.45, 7) is 0. The molecule has 0 aromatic heterocycles. The van der Waals surface area contributed by atoms with E-state index in [1.165, 1.54) is 18.7 Å². The summed E-state index contributed by atoms with van der Waals surface area (Å²) in [6, 6.07) is 42.9. The fourth-order valence-electron chi connectivity index (χ4n) is 3.18. The Morgan fingerprint density at radius 1 is 0.552 bits per heavy atom. The average molecular weight is 461 g/mol. The minimum absolute atomic E-state index is 1.23. The van der Waals surface area contributed by atoms with E-state index < -0.39 is 22.9 Å². The molecule has 144 valence electrons. The number of benzene rings is 4. The van der Waals surface area contributed by atoms with Gasteiger partial charge in [-0.15, -0.1) is 0 Å². The molecule has 3 heteroatoms. The third-order valence-electron chi connectivity index (χ3n) is 4.60. The van der Waals surface area contributed by atoms with Crippen molar-refractivity contribution < 1.29 is 0 Å². The molecule has 0 amide bonds. The van der Waals surface area contributed by atoms with E-state index in [0.29, 0.717) is 0 Å². The monoisotopic (exact) mass is 461 g/mol. The summed E-state index contributed by atoms with van der Waals surface area (Å²) in [4.78, 5) is 2.46. The fourth-order valence-corrected chi connectivity index (χ4v) is 12.5. The zero-order chi connectivity index (χ0) is 19.9. The molecule has 0 N–H and O–H groups in total. The number of nitrogens with zero attached hydrogens (tertiary/aromatic N) is 1. The second-order valence-corrected chi connectivity index (χ2v) is 13.4. The first-order valence-electron chi connectivity index (χ1n) is 9.50. The summed E-state index contributed by atoms with van der Waals surface area (Å²) in [5, 5.41) is 0. The van der Waals surface area contributed by atoms with Crippen LogP contribution in [-0.4, -0.2) is 24.4 Å². The van der Waals surface area contributed by atoms with Crippen LogP contribution in [0.5, 0.6) is 0 Å². The van der Waals surface area contributed by atoms with Crippen molar-refractivity contribution in [3.8, 4) is 0 Å². The quantitative estimate of drug-likeness (QED) is 0.312. The zero-order valence-corrected chi connectivity index (χ0v) is 18.8. The minimum atomic E-state index is -1.76. The van der Waals surface area contributed by atoms with Gasteiger partial charge in [0.05, 0.1) is 0 Å². The van der Waals surface area contributed by atoms with Gasteiger partial charge in [-0.3, -0.25) is 0 Å². The van der Waals surface area contributed by atoms with Crippen LogP contribution < -0.4 is 8.92 Å². The maximum atomic E-state index is 5.05. The molecule has 0 aliphatic heterocycles. The Kier molecular flexibility index (Phi) is 6.24. The van der Waals surface area contributed by atoms with Crippen LogP contribution in [0.3, 0.4) is 0 Å². The van der Waals surface area contributed by atoms with Gasteiger partial charge < -0.3 is 0 Å². The second kappa shape index (κ2) is 9.22. The van der Waals surface area contributed by atoms with Gasteiger partial charge in [0.25, 0.3) is 0 Å². The van der Waals surface area contributed by atoms with E-state index >= 15 is 0 Å². The van der Waals surface area contributed by atoms with Crippen LogP contribution in [0, 0.1) is 0 Å². The molecule has 4 rings (SSSR count). The summed E-state index contributed by atoms with van der Waals surface area (Å²) < 4.78 is 11.9. The van der Waals surface area contributed by atoms with Crippen molar-refractivity contribution in [3.63, 3.8) is 0 Å². The van der Waals surface area contributed by atoms with Crippen molar-refractivity contribution in [2.45, 2.75) is 9.79 Å². The Balaban J connectivity index is 2.21. The van der Waals surface area contributed by atoms with Gasteiger partial charge in [0, 0.05) is 0 Å². The predicted octanol–water partition coefficient (Wildman–Crippen LogP) is 4.60. The Bertz CT molecular complexity index is 1150. The normalized spacial score (nSPS) is 11.1. The molecule has 4 aromatic rings. The van der Waals surface area contributed by atoms with Crippen molar-refractivity contribution in [2.24, 2.45) is 4.36 Å². The molecule has 0 spiro atoms. The van der Waals surface area contributed by atoms with Gasteiger partial charge in [-0.05, 0) is 0 Å². The van der Waals surface area contributed by atoms with Crippen molar-refractivity contribution in [3.05, 3.63) is 121 Å². The van der Waals surface area contributed by atoms with E-state index in [2.05, 4.69) is 125 Å². The van der Waals surface area contributed by atoms with Crippen molar-refractivity contribution in [1.29, 1.82) is 0 Å². The van der Waals surface area contributed by atoms with Crippen LogP contribution in [0.25, 0.3) is 0 Å². The van der Waals surface area contributed by atoms with E-state index in [1.54, 1.807) is 0 Å². The molecule has 29 heavy (non-hydrogen) atoms. The number of hydrogen-bond acceptors (Lipinski definition) is 1. The molecule has 0 bridgehead atoms. The Hall–Kier alpha value is -2.67. The van der Waals surface area contributed by atoms with Gasteiger partial charge in [-0.2, -0.15) is 0 Å². The molecule has 0 saturated carbocycles. The van der Waals surface area contributed by atoms with Gasteiger partial charge in [0.1, 0.15) is 0 Å². The zero-order valence-electron chi connectivity index (χ0n) is 16.3. The average Bonchev–Trinajstić information content (AvgIpc) is 2.82. The third kappa shape index (κ3) is 4.19. The SMILES string of the molecule is CN=S(=C=[Se](c1ccccc1)c1ccccc1)(c1ccccc1)c1ccccc1. The van der Waals surface area contributed by atoms with Crippen molar-refractivity contribution >= 4 is 35.7 Å². The van der Waals surface area contributed by atoms with Crippen molar-refractivity contribution in [1.82, 2.24) is 0 Å². The first-order valence-corrected chi connectivity index (χ1v) is 13.7. The summed E-state index contributed by atoms with van der Waals surface area (Å²) in [5.41, 5.74) is 0. The summed E-state index contributed by atoms with van der Waals surface area (Å²) >= 11 is -1.56. The molecule has 0 saturated heterocycles. The molecule has 0 aliphatic rings. The van der Waals surface area contributed by atoms with E-state index in [9.17, 15) is 0 Å². The first-order chi connectivity index (χ1) is 14.3. The molecule has 0 fully saturated rings. The van der Waals surface area contributed by atoms with E-state index in [-0.39, 0.29) is 0 Å². The molecular weight excluding hydrogens is 437 g/mol. The van der Waals surface area contributed by atoms with Gasteiger partial charge in [-0.25, -0.2) is 0 Å². The van der Waals surface area contributed by atoms with Crippen LogP contribution >= 0.6 is 0 Å². The number of hydrogen-bond donors (Lipinski definition) is 0. The molecule has 4 aromatic carbocycles. The summed E-state index contributed by atoms with van der Waals surface area (Å²) in [5.74, 6) is 0. The van der Waals surface area contributed by atoms with E-state index in [4.69, 9.17) is 4.36 Å². The molecule has 1 nitrogen and oxygen atoms in total. The van der Waals surface area contributed by atoms with Gasteiger partial charge in [0.15, 0.2) is 0 Å². The standard InChI is InChI=1S/C26H23NSSe/c1-27-28(23-14-6-2-7-15-23,24-16-8-3-9-17-24)22-29(25-18-10-4-11-19-25)26-20-12-5-13-21-26/h2-21H,1H3. The Morgan fingerprint density at radius 2 is 0.897 bits per heavy atom. The molecular formula is C26H23NSSe. The fraction of sp³-hybridized carbons (Fsp3) is 0.0385. The van der Waals surface area contributed by atoms with Crippen LogP contribution in [0.1, 0.15) is 0 Å². The third-order valence-corrected chi connectivity index (χ3v) is 13.2. The summed E-state index contributed by atoms with van der Waals surface area (Å²) in [6.07, 6.45) is 0. The van der Waals surface area contributed by atoms with Crippen LogP contribution in [-0.2, 0) is 9.41 Å². The van der Waals surface area contributed by atoms with E-state index in [0.717, 1.165) is 0 Å². The van der Waals surface area contributed by atoms with Crippen molar-refractivity contribution in [2.75, 3.05) is 7.05 Å². The molecule has 0 heterocycles. The molecule has 0 aliphatic carbocycles. The topological polar surface area (TPSA) is 12.4 Å². The molecule has 0 radical (unpaired) electrons. The van der Waals surface area contributed by atoms with Gasteiger partial charge in [0.2, 0.25) is 0 Å². The first kappa shape index (κ1) is 19.6. The second-order valence-electron chi connectivity index (χ2n) is 6.40. The van der Waals surface area contributed by atoms with Gasteiger partial charge in [-0.1, -0.05) is 0 Å². The van der Waals surface area contributed by atoms with E-state index in [1.807, 2.05) is 7.05 Å². The van der Waals surface area contributed by atoms with Crippen LogP contribution in [0.2, 0.25) is 0 Å². The molecule has 0 atom stereocenters. The predicted molar refractivity (Wildman–Crippen MR) is 128 cm³/mol. The summed E-state index contributed by atoms with van der Waals surface area (Å²) in [7, 11) is 0.189. The Morgan fingerprint density at radius 3 is 1.24 bits per heavy atom. The van der Waals surface area contributed by atoms with Crippen LogP contribution in [0.4, 0.5) is 0 Å². The number of rotatable bonds is 4. The maximum absolute atomic E-state index is 5.05. The Labute approximate surface area is 177 Å². The molecule has 0 unspecified atom stereocenters. The van der Waals surface area contributed by atoms with Gasteiger partial charge >= 0.3 is 178 Å². The van der Waals surface area contributed by atoms with Crippen LogP contribution in [0.15, 0.2) is 135 Å².